The smallest absolute Gasteiger partial charge is 0.108 e. The summed E-state index contributed by atoms with van der Waals surface area (Å²) in [6.07, 6.45) is 9.48. The van der Waals surface area contributed by atoms with E-state index in [1.165, 1.54) is 6.42 Å². The van der Waals surface area contributed by atoms with Crippen molar-refractivity contribution in [3.8, 4) is 0 Å². The Bertz CT molecular complexity index is 382. The fraction of sp³-hybridized carbons (Fsp3) is 0.800. The minimum atomic E-state index is 0.000332. The van der Waals surface area contributed by atoms with Crippen molar-refractivity contribution in [1.82, 2.24) is 14.9 Å². The molecule has 0 spiro atoms. The van der Waals surface area contributed by atoms with Gasteiger partial charge in [-0.15, -0.1) is 0 Å². The van der Waals surface area contributed by atoms with Crippen LogP contribution in [0.2, 0.25) is 0 Å². The summed E-state index contributed by atoms with van der Waals surface area (Å²) in [5.74, 6) is 1.16. The van der Waals surface area contributed by atoms with Crippen LogP contribution in [0.3, 0.4) is 0 Å². The Balaban J connectivity index is 1.95. The predicted molar refractivity (Wildman–Crippen MR) is 77.2 cm³/mol. The number of aromatic nitrogens is 2. The normalized spacial score (nSPS) is 24.8. The molecule has 2 atom stereocenters. The Hall–Kier alpha value is -0.870. The lowest BCUT2D eigenvalue weighted by molar-refractivity contribution is -0.0138. The van der Waals surface area contributed by atoms with Gasteiger partial charge in [-0.05, 0) is 39.2 Å². The van der Waals surface area contributed by atoms with E-state index >= 15 is 0 Å². The minimum absolute atomic E-state index is 0.000332. The molecule has 1 saturated heterocycles. The summed E-state index contributed by atoms with van der Waals surface area (Å²) in [6, 6.07) is 0.423. The van der Waals surface area contributed by atoms with E-state index in [9.17, 15) is 0 Å². The Labute approximate surface area is 116 Å². The van der Waals surface area contributed by atoms with Gasteiger partial charge in [-0.25, -0.2) is 4.98 Å². The van der Waals surface area contributed by atoms with Crippen molar-refractivity contribution >= 4 is 0 Å². The molecule has 1 fully saturated rings. The standard InChI is InChI=1S/C15H27N3O/c1-4-9-16-13(15(2)8-5-12-19-15)6-7-14-17-10-11-18(14)3/h10-11,13,16H,4-9,12H2,1-3H3. The van der Waals surface area contributed by atoms with E-state index in [0.717, 1.165) is 44.7 Å². The van der Waals surface area contributed by atoms with Crippen LogP contribution in [0.1, 0.15) is 45.4 Å². The highest BCUT2D eigenvalue weighted by Gasteiger charge is 2.37. The largest absolute Gasteiger partial charge is 0.374 e. The fourth-order valence-corrected chi connectivity index (χ4v) is 2.93. The topological polar surface area (TPSA) is 39.1 Å². The van der Waals surface area contributed by atoms with Gasteiger partial charge in [0.15, 0.2) is 0 Å². The second-order valence-electron chi connectivity index (χ2n) is 5.76. The lowest BCUT2D eigenvalue weighted by atomic mass is 9.89. The third-order valence-electron chi connectivity index (χ3n) is 4.20. The first-order valence-corrected chi connectivity index (χ1v) is 7.49. The Morgan fingerprint density at radius 3 is 3.00 bits per heavy atom. The van der Waals surface area contributed by atoms with E-state index < -0.39 is 0 Å². The SMILES string of the molecule is CCCNC(CCc1nccn1C)C1(C)CCCO1. The van der Waals surface area contributed by atoms with Crippen LogP contribution in [0.25, 0.3) is 0 Å². The van der Waals surface area contributed by atoms with Crippen LogP contribution >= 0.6 is 0 Å². The zero-order valence-corrected chi connectivity index (χ0v) is 12.5. The second kappa shape index (κ2) is 6.53. The molecule has 2 rings (SSSR count). The summed E-state index contributed by atoms with van der Waals surface area (Å²) < 4.78 is 8.12. The highest BCUT2D eigenvalue weighted by molar-refractivity contribution is 4.97. The van der Waals surface area contributed by atoms with Crippen molar-refractivity contribution < 1.29 is 4.74 Å². The maximum Gasteiger partial charge on any atom is 0.108 e. The van der Waals surface area contributed by atoms with Gasteiger partial charge in [-0.2, -0.15) is 0 Å². The Morgan fingerprint density at radius 2 is 2.42 bits per heavy atom. The molecule has 0 bridgehead atoms. The van der Waals surface area contributed by atoms with E-state index in [2.05, 4.69) is 35.8 Å². The summed E-state index contributed by atoms with van der Waals surface area (Å²) in [5.41, 5.74) is 0.000332. The van der Waals surface area contributed by atoms with Gasteiger partial charge in [0.1, 0.15) is 5.82 Å². The van der Waals surface area contributed by atoms with E-state index in [1.54, 1.807) is 0 Å². The molecule has 0 saturated carbocycles. The molecule has 0 aliphatic carbocycles. The molecule has 108 valence electrons. The number of hydrogen-bond acceptors (Lipinski definition) is 3. The first-order chi connectivity index (χ1) is 9.15. The zero-order valence-electron chi connectivity index (χ0n) is 12.5. The summed E-state index contributed by atoms with van der Waals surface area (Å²) in [7, 11) is 2.06. The Kier molecular flexibility index (Phi) is 4.99. The number of nitrogens with one attached hydrogen (secondary N) is 1. The van der Waals surface area contributed by atoms with Gasteiger partial charge in [-0.3, -0.25) is 0 Å². The molecule has 1 N–H and O–H groups in total. The van der Waals surface area contributed by atoms with Crippen LogP contribution in [-0.4, -0.2) is 34.3 Å². The van der Waals surface area contributed by atoms with Crippen molar-refractivity contribution in [1.29, 1.82) is 0 Å². The summed E-state index contributed by atoms with van der Waals surface area (Å²) in [5, 5.41) is 3.67. The number of hydrogen-bond donors (Lipinski definition) is 1. The third-order valence-corrected chi connectivity index (χ3v) is 4.20. The second-order valence-corrected chi connectivity index (χ2v) is 5.76. The van der Waals surface area contributed by atoms with E-state index in [0.29, 0.717) is 6.04 Å². The van der Waals surface area contributed by atoms with Crippen molar-refractivity contribution in [3.63, 3.8) is 0 Å². The molecule has 1 aromatic rings. The predicted octanol–water partition coefficient (Wildman–Crippen LogP) is 2.29. The average Bonchev–Trinajstić information content (AvgIpc) is 3.00. The van der Waals surface area contributed by atoms with Crippen LogP contribution in [-0.2, 0) is 18.2 Å². The summed E-state index contributed by atoms with van der Waals surface area (Å²) >= 11 is 0. The van der Waals surface area contributed by atoms with E-state index in [4.69, 9.17) is 4.74 Å². The molecule has 1 aromatic heterocycles. The lowest BCUT2D eigenvalue weighted by Crippen LogP contribution is -2.49. The fourth-order valence-electron chi connectivity index (χ4n) is 2.93. The van der Waals surface area contributed by atoms with Crippen LogP contribution in [0, 0.1) is 0 Å². The van der Waals surface area contributed by atoms with E-state index in [1.807, 2.05) is 12.4 Å². The van der Waals surface area contributed by atoms with Gasteiger partial charge in [0.2, 0.25) is 0 Å². The maximum atomic E-state index is 6.01. The van der Waals surface area contributed by atoms with Crippen LogP contribution in [0.4, 0.5) is 0 Å². The minimum Gasteiger partial charge on any atom is -0.374 e. The molecular formula is C15H27N3O. The highest BCUT2D eigenvalue weighted by Crippen LogP contribution is 2.30. The molecule has 0 aromatic carbocycles. The van der Waals surface area contributed by atoms with Gasteiger partial charge in [0.25, 0.3) is 0 Å². The van der Waals surface area contributed by atoms with Gasteiger partial charge in [0, 0.05) is 38.5 Å². The van der Waals surface area contributed by atoms with Crippen LogP contribution < -0.4 is 5.32 Å². The summed E-state index contributed by atoms with van der Waals surface area (Å²) in [6.45, 7) is 6.43. The number of nitrogens with zero attached hydrogens (tertiary/aromatic N) is 2. The van der Waals surface area contributed by atoms with Crippen molar-refractivity contribution in [2.45, 2.75) is 57.6 Å². The lowest BCUT2D eigenvalue weighted by Gasteiger charge is -2.34. The van der Waals surface area contributed by atoms with Crippen molar-refractivity contribution in [2.24, 2.45) is 7.05 Å². The molecule has 4 heteroatoms. The molecule has 2 heterocycles. The quantitative estimate of drug-likeness (QED) is 0.822. The first-order valence-electron chi connectivity index (χ1n) is 7.49. The number of ether oxygens (including phenoxy) is 1. The van der Waals surface area contributed by atoms with Crippen molar-refractivity contribution in [3.05, 3.63) is 18.2 Å². The number of rotatable bonds is 7. The monoisotopic (exact) mass is 265 g/mol. The summed E-state index contributed by atoms with van der Waals surface area (Å²) in [4.78, 5) is 4.41. The van der Waals surface area contributed by atoms with Crippen molar-refractivity contribution in [2.75, 3.05) is 13.2 Å². The number of imidazole rings is 1. The van der Waals surface area contributed by atoms with Crippen LogP contribution in [0.5, 0.6) is 0 Å². The molecule has 0 amide bonds. The third kappa shape index (κ3) is 3.57. The molecule has 0 radical (unpaired) electrons. The van der Waals surface area contributed by atoms with Gasteiger partial charge in [0.05, 0.1) is 5.60 Å². The molecule has 2 unspecified atom stereocenters. The molecule has 19 heavy (non-hydrogen) atoms. The van der Waals surface area contributed by atoms with Gasteiger partial charge in [-0.1, -0.05) is 6.92 Å². The molecule has 1 aliphatic rings. The van der Waals surface area contributed by atoms with Gasteiger partial charge >= 0.3 is 0 Å². The maximum absolute atomic E-state index is 6.01. The van der Waals surface area contributed by atoms with E-state index in [-0.39, 0.29) is 5.60 Å². The Morgan fingerprint density at radius 1 is 1.58 bits per heavy atom. The zero-order chi connectivity index (χ0) is 13.7. The molecular weight excluding hydrogens is 238 g/mol. The first kappa shape index (κ1) is 14.5. The molecule has 1 aliphatic heterocycles. The highest BCUT2D eigenvalue weighted by atomic mass is 16.5. The average molecular weight is 265 g/mol. The number of aryl methyl sites for hydroxylation is 2. The van der Waals surface area contributed by atoms with Crippen LogP contribution in [0.15, 0.2) is 12.4 Å². The van der Waals surface area contributed by atoms with Gasteiger partial charge < -0.3 is 14.6 Å². The molecule has 4 nitrogen and oxygen atoms in total.